The van der Waals surface area contributed by atoms with Crippen LogP contribution in [0.2, 0.25) is 3.93 Å². The van der Waals surface area contributed by atoms with E-state index < -0.39 is 17.5 Å². The summed E-state index contributed by atoms with van der Waals surface area (Å²) in [4.78, 5) is 0. The third kappa shape index (κ3) is 4.28. The quantitative estimate of drug-likeness (QED) is 0.684. The Labute approximate surface area is 65.7 Å². The van der Waals surface area contributed by atoms with Gasteiger partial charge in [-0.2, -0.15) is 0 Å². The van der Waals surface area contributed by atoms with E-state index >= 15 is 0 Å². The second-order valence-corrected chi connectivity index (χ2v) is 13.2. The van der Waals surface area contributed by atoms with Gasteiger partial charge in [-0.1, -0.05) is 0 Å². The molecule has 0 heterocycles. The van der Waals surface area contributed by atoms with E-state index in [9.17, 15) is 0 Å². The summed E-state index contributed by atoms with van der Waals surface area (Å²) in [6, 6.07) is 0. The van der Waals surface area contributed by atoms with Crippen LogP contribution in [0.1, 0.15) is 26.7 Å². The van der Waals surface area contributed by atoms with Gasteiger partial charge in [-0.25, -0.2) is 0 Å². The molecule has 1 unspecified atom stereocenters. The Hall–Kier alpha value is 1.38. The molecule has 3 heteroatoms. The SMILES string of the molecule is CCC[CH](C)[Sn]([Cl])[Cl]. The first-order valence-electron chi connectivity index (χ1n) is 2.86. The zero-order valence-electron chi connectivity index (χ0n) is 5.25. The monoisotopic (exact) mass is 261 g/mol. The van der Waals surface area contributed by atoms with Gasteiger partial charge in [0.1, 0.15) is 0 Å². The molecule has 0 saturated heterocycles. The molecular formula is C5H11Cl2Sn. The van der Waals surface area contributed by atoms with Crippen molar-refractivity contribution in [2.24, 2.45) is 0 Å². The molecule has 8 heavy (non-hydrogen) atoms. The van der Waals surface area contributed by atoms with E-state index in [0.717, 1.165) is 0 Å². The summed E-state index contributed by atoms with van der Waals surface area (Å²) in [6.07, 6.45) is 2.42. The van der Waals surface area contributed by atoms with Crippen molar-refractivity contribution in [3.8, 4) is 0 Å². The van der Waals surface area contributed by atoms with Gasteiger partial charge in [-0.15, -0.1) is 0 Å². The maximum atomic E-state index is 5.77. The summed E-state index contributed by atoms with van der Waals surface area (Å²) in [5.74, 6) is 0. The molecule has 0 aromatic heterocycles. The van der Waals surface area contributed by atoms with Gasteiger partial charge in [-0.05, 0) is 0 Å². The van der Waals surface area contributed by atoms with Crippen molar-refractivity contribution in [2.75, 3.05) is 0 Å². The van der Waals surface area contributed by atoms with Crippen molar-refractivity contribution >= 4 is 35.3 Å². The van der Waals surface area contributed by atoms with Gasteiger partial charge in [0, 0.05) is 0 Å². The second-order valence-electron chi connectivity index (χ2n) is 1.98. The van der Waals surface area contributed by atoms with E-state index in [2.05, 4.69) is 13.8 Å². The first kappa shape index (κ1) is 9.38. The predicted molar refractivity (Wildman–Crippen MR) is 41.8 cm³/mol. The molecule has 1 atom stereocenters. The van der Waals surface area contributed by atoms with Gasteiger partial charge in [0.2, 0.25) is 0 Å². The van der Waals surface area contributed by atoms with Crippen molar-refractivity contribution in [1.82, 2.24) is 0 Å². The number of hydrogen-bond acceptors (Lipinski definition) is 0. The molecule has 0 spiro atoms. The third-order valence-electron chi connectivity index (χ3n) is 1.09. The van der Waals surface area contributed by atoms with E-state index in [1.165, 1.54) is 12.8 Å². The van der Waals surface area contributed by atoms with Gasteiger partial charge in [0.25, 0.3) is 0 Å². The summed E-state index contributed by atoms with van der Waals surface area (Å²) in [5, 5.41) is 0. The van der Waals surface area contributed by atoms with Gasteiger partial charge in [0.15, 0.2) is 0 Å². The van der Waals surface area contributed by atoms with E-state index in [4.69, 9.17) is 17.8 Å². The Kier molecular flexibility index (Phi) is 6.08. The molecule has 0 rings (SSSR count). The minimum atomic E-state index is -1.82. The van der Waals surface area contributed by atoms with Crippen LogP contribution < -0.4 is 0 Å². The first-order valence-corrected chi connectivity index (χ1v) is 11.7. The molecule has 0 nitrogen and oxygen atoms in total. The van der Waals surface area contributed by atoms with Crippen LogP contribution in [0.25, 0.3) is 0 Å². The minimum absolute atomic E-state index is 0.644. The summed E-state index contributed by atoms with van der Waals surface area (Å²) < 4.78 is 0.644. The van der Waals surface area contributed by atoms with Gasteiger partial charge < -0.3 is 0 Å². The van der Waals surface area contributed by atoms with Crippen molar-refractivity contribution < 1.29 is 0 Å². The molecular weight excluding hydrogens is 250 g/mol. The van der Waals surface area contributed by atoms with Gasteiger partial charge in [0.05, 0.1) is 0 Å². The third-order valence-corrected chi connectivity index (χ3v) is 9.04. The molecule has 0 bridgehead atoms. The fraction of sp³-hybridized carbons (Fsp3) is 1.00. The fourth-order valence-electron chi connectivity index (χ4n) is 0.542. The zero-order valence-corrected chi connectivity index (χ0v) is 9.61. The topological polar surface area (TPSA) is 0 Å². The van der Waals surface area contributed by atoms with Crippen molar-refractivity contribution in [3.05, 3.63) is 0 Å². The average molecular weight is 261 g/mol. The predicted octanol–water partition coefficient (Wildman–Crippen LogP) is 3.14. The Balaban J connectivity index is 3.17. The normalized spacial score (nSPS) is 14.6. The van der Waals surface area contributed by atoms with Crippen LogP contribution in [0.3, 0.4) is 0 Å². The molecule has 0 aliphatic heterocycles. The van der Waals surface area contributed by atoms with Crippen molar-refractivity contribution in [3.63, 3.8) is 0 Å². The second kappa shape index (κ2) is 5.19. The van der Waals surface area contributed by atoms with Gasteiger partial charge >= 0.3 is 66.0 Å². The van der Waals surface area contributed by atoms with E-state index in [-0.39, 0.29) is 0 Å². The van der Waals surface area contributed by atoms with Crippen molar-refractivity contribution in [2.45, 2.75) is 30.6 Å². The van der Waals surface area contributed by atoms with Crippen LogP contribution in [0.5, 0.6) is 0 Å². The molecule has 0 fully saturated rings. The van der Waals surface area contributed by atoms with E-state index in [1.807, 2.05) is 0 Å². The standard InChI is InChI=1S/C5H11.2ClH.Sn/c1-3-5-4-2;;;/h3H,4-5H2,1-2H3;2*1H;/q;;;+2/p-2. The fourth-order valence-corrected chi connectivity index (χ4v) is 3.45. The molecule has 0 N–H and O–H groups in total. The number of halogens is 2. The first-order chi connectivity index (χ1) is 3.68. The van der Waals surface area contributed by atoms with E-state index in [1.54, 1.807) is 0 Å². The van der Waals surface area contributed by atoms with Crippen LogP contribution >= 0.6 is 17.8 Å². The molecule has 1 radical (unpaired) electrons. The van der Waals surface area contributed by atoms with Crippen LogP contribution in [0, 0.1) is 0 Å². The molecule has 0 amide bonds. The maximum absolute atomic E-state index is 5.77. The Morgan fingerprint density at radius 1 is 1.50 bits per heavy atom. The molecule has 0 aromatic carbocycles. The number of hydrogen-bond donors (Lipinski definition) is 0. The van der Waals surface area contributed by atoms with Gasteiger partial charge in [-0.3, -0.25) is 0 Å². The number of rotatable bonds is 3. The van der Waals surface area contributed by atoms with Crippen LogP contribution in [-0.2, 0) is 0 Å². The van der Waals surface area contributed by atoms with Crippen LogP contribution in [0.15, 0.2) is 0 Å². The molecule has 49 valence electrons. The summed E-state index contributed by atoms with van der Waals surface area (Å²) in [6.45, 7) is 4.31. The van der Waals surface area contributed by atoms with Crippen LogP contribution in [-0.4, -0.2) is 17.5 Å². The molecule has 0 saturated carbocycles. The summed E-state index contributed by atoms with van der Waals surface area (Å²) in [7, 11) is 11.5. The zero-order chi connectivity index (χ0) is 6.57. The van der Waals surface area contributed by atoms with Crippen molar-refractivity contribution in [1.29, 1.82) is 0 Å². The van der Waals surface area contributed by atoms with E-state index in [0.29, 0.717) is 3.93 Å². The molecule has 0 aliphatic carbocycles. The summed E-state index contributed by atoms with van der Waals surface area (Å²) in [5.41, 5.74) is 0. The Morgan fingerprint density at radius 2 is 2.00 bits per heavy atom. The molecule has 0 aromatic rings. The molecule has 0 aliphatic rings. The van der Waals surface area contributed by atoms with Crippen LogP contribution in [0.4, 0.5) is 0 Å². The Bertz CT molecular complexity index is 56.4. The Morgan fingerprint density at radius 3 is 2.12 bits per heavy atom. The average Bonchev–Trinajstić information content (AvgIpc) is 1.67. The summed E-state index contributed by atoms with van der Waals surface area (Å²) >= 11 is -1.82.